The number of rotatable bonds is 6. The van der Waals surface area contributed by atoms with Gasteiger partial charge in [0.1, 0.15) is 5.82 Å². The van der Waals surface area contributed by atoms with Gasteiger partial charge in [-0.1, -0.05) is 18.5 Å². The minimum Gasteiger partial charge on any atom is -0.481 e. The van der Waals surface area contributed by atoms with Crippen molar-refractivity contribution in [2.45, 2.75) is 12.7 Å². The lowest BCUT2D eigenvalue weighted by molar-refractivity contribution is -0.141. The molecule has 0 aliphatic rings. The quantitative estimate of drug-likeness (QED) is 0.868. The van der Waals surface area contributed by atoms with Gasteiger partial charge in [0.05, 0.1) is 11.7 Å². The van der Waals surface area contributed by atoms with Crippen LogP contribution in [0, 0.1) is 11.7 Å². The Balaban J connectivity index is 2.89. The number of carboxylic acids is 1. The molecule has 1 aromatic rings. The van der Waals surface area contributed by atoms with Crippen LogP contribution in [0.3, 0.4) is 0 Å². The summed E-state index contributed by atoms with van der Waals surface area (Å²) >= 11 is 5.70. The summed E-state index contributed by atoms with van der Waals surface area (Å²) in [5, 5.41) is 9.00. The number of benzene rings is 1. The Labute approximate surface area is 122 Å². The smallest absolute Gasteiger partial charge is 0.307 e. The monoisotopic (exact) mass is 323 g/mol. The third-order valence-electron chi connectivity index (χ3n) is 2.77. The van der Waals surface area contributed by atoms with Crippen molar-refractivity contribution in [3.8, 4) is 0 Å². The number of carboxylic acid groups (broad SMARTS) is 1. The normalized spacial score (nSPS) is 13.4. The SMILES string of the molecule is CC(CN(C)S(=O)(=O)Cc1cc(Cl)ccc1F)C(=O)O. The maximum Gasteiger partial charge on any atom is 0.307 e. The van der Waals surface area contributed by atoms with E-state index in [0.29, 0.717) is 0 Å². The van der Waals surface area contributed by atoms with E-state index in [-0.39, 0.29) is 17.1 Å². The van der Waals surface area contributed by atoms with Gasteiger partial charge in [-0.3, -0.25) is 4.79 Å². The van der Waals surface area contributed by atoms with E-state index < -0.39 is 33.5 Å². The molecule has 1 aromatic carbocycles. The van der Waals surface area contributed by atoms with Crippen molar-refractivity contribution in [2.75, 3.05) is 13.6 Å². The standard InChI is InChI=1S/C12H15ClFNO4S/c1-8(12(16)17)6-15(2)20(18,19)7-9-5-10(13)3-4-11(9)14/h3-5,8H,6-7H2,1-2H3,(H,16,17). The van der Waals surface area contributed by atoms with E-state index in [4.69, 9.17) is 16.7 Å². The van der Waals surface area contributed by atoms with Gasteiger partial charge in [0, 0.05) is 24.2 Å². The highest BCUT2D eigenvalue weighted by Gasteiger charge is 2.24. The molecule has 0 heterocycles. The van der Waals surface area contributed by atoms with Crippen LogP contribution in [0.4, 0.5) is 4.39 Å². The molecule has 1 rings (SSSR count). The highest BCUT2D eigenvalue weighted by atomic mass is 35.5. The average molecular weight is 324 g/mol. The second-order valence-corrected chi connectivity index (χ2v) is 7.02. The number of sulfonamides is 1. The molecule has 1 unspecified atom stereocenters. The fourth-order valence-electron chi connectivity index (χ4n) is 1.54. The number of nitrogens with zero attached hydrogens (tertiary/aromatic N) is 1. The van der Waals surface area contributed by atoms with Crippen molar-refractivity contribution in [1.29, 1.82) is 0 Å². The maximum atomic E-state index is 13.5. The Morgan fingerprint density at radius 2 is 2.10 bits per heavy atom. The molecule has 0 spiro atoms. The van der Waals surface area contributed by atoms with E-state index in [1.807, 2.05) is 0 Å². The van der Waals surface area contributed by atoms with Crippen LogP contribution in [-0.4, -0.2) is 37.4 Å². The highest BCUT2D eigenvalue weighted by Crippen LogP contribution is 2.19. The first-order valence-corrected chi connectivity index (χ1v) is 7.73. The van der Waals surface area contributed by atoms with E-state index in [2.05, 4.69) is 0 Å². The van der Waals surface area contributed by atoms with Crippen LogP contribution in [0.5, 0.6) is 0 Å². The summed E-state index contributed by atoms with van der Waals surface area (Å²) in [6, 6.07) is 3.65. The molecular weight excluding hydrogens is 309 g/mol. The molecule has 0 saturated carbocycles. The van der Waals surface area contributed by atoms with E-state index in [1.54, 1.807) is 0 Å². The third kappa shape index (κ3) is 4.43. The lowest BCUT2D eigenvalue weighted by Gasteiger charge is -2.19. The van der Waals surface area contributed by atoms with Gasteiger partial charge in [0.2, 0.25) is 10.0 Å². The Morgan fingerprint density at radius 1 is 1.50 bits per heavy atom. The van der Waals surface area contributed by atoms with Crippen LogP contribution in [0.1, 0.15) is 12.5 Å². The van der Waals surface area contributed by atoms with E-state index in [9.17, 15) is 17.6 Å². The molecule has 8 heteroatoms. The molecule has 0 aromatic heterocycles. The lowest BCUT2D eigenvalue weighted by Crippen LogP contribution is -2.34. The summed E-state index contributed by atoms with van der Waals surface area (Å²) in [6.45, 7) is 1.22. The summed E-state index contributed by atoms with van der Waals surface area (Å²) in [5.74, 6) is -3.18. The van der Waals surface area contributed by atoms with Crippen molar-refractivity contribution in [3.63, 3.8) is 0 Å². The summed E-state index contributed by atoms with van der Waals surface area (Å²) in [5.41, 5.74) is -0.0488. The first-order valence-electron chi connectivity index (χ1n) is 5.74. The molecule has 0 bridgehead atoms. The van der Waals surface area contributed by atoms with Crippen LogP contribution in [0.2, 0.25) is 5.02 Å². The van der Waals surface area contributed by atoms with Gasteiger partial charge in [-0.2, -0.15) is 0 Å². The zero-order valence-electron chi connectivity index (χ0n) is 11.0. The van der Waals surface area contributed by atoms with Gasteiger partial charge in [-0.05, 0) is 18.2 Å². The molecule has 112 valence electrons. The molecule has 0 saturated heterocycles. The topological polar surface area (TPSA) is 74.7 Å². The fraction of sp³-hybridized carbons (Fsp3) is 0.417. The summed E-state index contributed by atoms with van der Waals surface area (Å²) in [4.78, 5) is 10.7. The number of aliphatic carboxylic acids is 1. The van der Waals surface area contributed by atoms with E-state index in [0.717, 1.165) is 10.4 Å². The minimum atomic E-state index is -3.81. The van der Waals surface area contributed by atoms with Crippen LogP contribution in [-0.2, 0) is 20.6 Å². The second-order valence-electron chi connectivity index (χ2n) is 4.51. The maximum absolute atomic E-state index is 13.5. The third-order valence-corrected chi connectivity index (χ3v) is 4.78. The van der Waals surface area contributed by atoms with Gasteiger partial charge in [-0.25, -0.2) is 17.1 Å². The van der Waals surface area contributed by atoms with Gasteiger partial charge in [0.15, 0.2) is 0 Å². The second kappa shape index (κ2) is 6.51. The first kappa shape index (κ1) is 16.9. The Bertz CT molecular complexity index is 605. The molecule has 0 aliphatic heterocycles. The first-order chi connectivity index (χ1) is 9.13. The van der Waals surface area contributed by atoms with Crippen LogP contribution in [0.15, 0.2) is 18.2 Å². The van der Waals surface area contributed by atoms with Gasteiger partial charge >= 0.3 is 5.97 Å². The Morgan fingerprint density at radius 3 is 2.65 bits per heavy atom. The number of hydrogen-bond acceptors (Lipinski definition) is 3. The summed E-state index contributed by atoms with van der Waals surface area (Å²) in [7, 11) is -2.55. The van der Waals surface area contributed by atoms with E-state index >= 15 is 0 Å². The number of hydrogen-bond donors (Lipinski definition) is 1. The molecule has 1 atom stereocenters. The highest BCUT2D eigenvalue weighted by molar-refractivity contribution is 7.88. The van der Waals surface area contributed by atoms with Crippen LogP contribution < -0.4 is 0 Å². The molecule has 0 fully saturated rings. The lowest BCUT2D eigenvalue weighted by atomic mass is 10.2. The molecule has 0 amide bonds. The molecule has 0 aliphatic carbocycles. The zero-order valence-corrected chi connectivity index (χ0v) is 12.6. The molecule has 20 heavy (non-hydrogen) atoms. The fourth-order valence-corrected chi connectivity index (χ4v) is 3.02. The molecule has 0 radical (unpaired) electrons. The van der Waals surface area contributed by atoms with Gasteiger partial charge < -0.3 is 5.11 Å². The molecular formula is C12H15ClFNO4S. The van der Waals surface area contributed by atoms with Crippen molar-refractivity contribution >= 4 is 27.6 Å². The predicted octanol–water partition coefficient (Wildman–Crippen LogP) is 1.96. The van der Waals surface area contributed by atoms with Gasteiger partial charge in [-0.15, -0.1) is 0 Å². The average Bonchev–Trinajstić information content (AvgIpc) is 2.33. The van der Waals surface area contributed by atoms with Crippen molar-refractivity contribution < 1.29 is 22.7 Å². The van der Waals surface area contributed by atoms with Gasteiger partial charge in [0.25, 0.3) is 0 Å². The number of carbonyl (C=O) groups is 1. The van der Waals surface area contributed by atoms with Crippen molar-refractivity contribution in [2.24, 2.45) is 5.92 Å². The van der Waals surface area contributed by atoms with Crippen LogP contribution in [0.25, 0.3) is 0 Å². The summed E-state index contributed by atoms with van der Waals surface area (Å²) < 4.78 is 38.5. The Kier molecular flexibility index (Phi) is 5.50. The largest absolute Gasteiger partial charge is 0.481 e. The zero-order chi connectivity index (χ0) is 15.5. The molecule has 1 N–H and O–H groups in total. The Hall–Kier alpha value is -1.18. The van der Waals surface area contributed by atoms with Crippen molar-refractivity contribution in [3.05, 3.63) is 34.6 Å². The predicted molar refractivity (Wildman–Crippen MR) is 73.5 cm³/mol. The number of halogens is 2. The molecule has 5 nitrogen and oxygen atoms in total. The summed E-state index contributed by atoms with van der Waals surface area (Å²) in [6.07, 6.45) is 0. The van der Waals surface area contributed by atoms with Crippen LogP contribution >= 0.6 is 11.6 Å². The van der Waals surface area contributed by atoms with Crippen molar-refractivity contribution in [1.82, 2.24) is 4.31 Å². The van der Waals surface area contributed by atoms with E-state index in [1.165, 1.54) is 26.1 Å². The minimum absolute atomic E-state index is 0.0488.